The highest BCUT2D eigenvalue weighted by Gasteiger charge is 2.55. The highest BCUT2D eigenvalue weighted by molar-refractivity contribution is 5.81. The van der Waals surface area contributed by atoms with Crippen LogP contribution in [0.4, 0.5) is 13.2 Å². The average molecular weight is 538 g/mol. The number of benzene rings is 1. The van der Waals surface area contributed by atoms with E-state index in [4.69, 9.17) is 19.1 Å². The minimum Gasteiger partial charge on any atom is -0.542 e. The van der Waals surface area contributed by atoms with Gasteiger partial charge >= 0.3 is 12.1 Å². The molecule has 0 radical (unpaired) electrons. The van der Waals surface area contributed by atoms with E-state index in [1.165, 1.54) is 11.8 Å². The Morgan fingerprint density at radius 2 is 1.66 bits per heavy atom. The Balaban J connectivity index is 0.000000426. The van der Waals surface area contributed by atoms with Crippen LogP contribution in [-0.2, 0) is 19.9 Å². The molecule has 6 rings (SSSR count). The first-order chi connectivity index (χ1) is 18.0. The number of carbonyl (C=O) groups excluding carboxylic acids is 2. The van der Waals surface area contributed by atoms with Gasteiger partial charge < -0.3 is 28.6 Å². The molecule has 7 nitrogen and oxygen atoms in total. The van der Waals surface area contributed by atoms with Gasteiger partial charge in [0.05, 0.1) is 19.4 Å². The summed E-state index contributed by atoms with van der Waals surface area (Å²) in [5.74, 6) is -2.95. The van der Waals surface area contributed by atoms with Gasteiger partial charge in [0.25, 0.3) is 0 Å². The topological polar surface area (TPSA) is 99.8 Å². The van der Waals surface area contributed by atoms with Crippen LogP contribution in [0.15, 0.2) is 53.1 Å². The summed E-state index contributed by atoms with van der Waals surface area (Å²) in [5.41, 5.74) is -0.340. The number of hydrogen-bond donors (Lipinski definition) is 1. The number of fused-ring (bicyclic) bond motifs is 3. The highest BCUT2D eigenvalue weighted by Crippen LogP contribution is 2.45. The number of hydrogen-bond acceptors (Lipinski definition) is 6. The van der Waals surface area contributed by atoms with Crippen LogP contribution < -0.4 is 5.11 Å². The van der Waals surface area contributed by atoms with Crippen LogP contribution in [0.5, 0.6) is 0 Å². The summed E-state index contributed by atoms with van der Waals surface area (Å²) in [6.07, 6.45) is 2.03. The number of carbonyl (C=O) groups is 2. The van der Waals surface area contributed by atoms with E-state index in [0.29, 0.717) is 17.7 Å². The molecule has 1 aliphatic carbocycles. The molecule has 38 heavy (non-hydrogen) atoms. The monoisotopic (exact) mass is 537 g/mol. The summed E-state index contributed by atoms with van der Waals surface area (Å²) < 4.78 is 44.2. The molecule has 0 amide bonds. The number of rotatable bonds is 6. The molecule has 3 aliphatic heterocycles. The summed E-state index contributed by atoms with van der Waals surface area (Å²) in [4.78, 5) is 22.3. The van der Waals surface area contributed by atoms with Crippen LogP contribution in [0.3, 0.4) is 0 Å². The van der Waals surface area contributed by atoms with Gasteiger partial charge in [-0.1, -0.05) is 43.2 Å². The molecule has 2 bridgehead atoms. The molecule has 208 valence electrons. The second kappa shape index (κ2) is 11.1. The van der Waals surface area contributed by atoms with E-state index < -0.39 is 23.7 Å². The van der Waals surface area contributed by atoms with Gasteiger partial charge in [-0.3, -0.25) is 0 Å². The number of piperidine rings is 3. The third kappa shape index (κ3) is 5.61. The third-order valence-corrected chi connectivity index (χ3v) is 8.71. The third-order valence-electron chi connectivity index (χ3n) is 8.71. The molecule has 3 saturated heterocycles. The van der Waals surface area contributed by atoms with Crippen LogP contribution in [0.1, 0.15) is 62.8 Å². The fourth-order valence-corrected chi connectivity index (χ4v) is 6.43. The number of aliphatic carboxylic acids is 1. The average Bonchev–Trinajstić information content (AvgIpc) is 3.64. The van der Waals surface area contributed by atoms with Crippen molar-refractivity contribution in [3.63, 3.8) is 0 Å². The van der Waals surface area contributed by atoms with E-state index in [9.17, 15) is 23.1 Å². The van der Waals surface area contributed by atoms with Crippen molar-refractivity contribution >= 4 is 11.9 Å². The Kier molecular flexibility index (Phi) is 8.23. The molecule has 2 aromatic rings. The minimum atomic E-state index is -5.19. The minimum absolute atomic E-state index is 0.140. The number of aliphatic hydroxyl groups is 1. The number of halogens is 3. The first-order valence-corrected chi connectivity index (χ1v) is 13.1. The zero-order valence-corrected chi connectivity index (χ0v) is 21.4. The van der Waals surface area contributed by atoms with Crippen molar-refractivity contribution in [1.29, 1.82) is 0 Å². The number of quaternary nitrogens is 1. The maximum atomic E-state index is 13.5. The predicted molar refractivity (Wildman–Crippen MR) is 128 cm³/mol. The smallest absolute Gasteiger partial charge is 0.430 e. The normalized spacial score (nSPS) is 27.6. The summed E-state index contributed by atoms with van der Waals surface area (Å²) in [6.45, 7) is 5.38. The molecule has 4 heterocycles. The Morgan fingerprint density at radius 3 is 2.18 bits per heavy atom. The van der Waals surface area contributed by atoms with Crippen LogP contribution in [0.2, 0.25) is 0 Å². The molecule has 1 saturated carbocycles. The maximum absolute atomic E-state index is 13.5. The van der Waals surface area contributed by atoms with Gasteiger partial charge in [0.15, 0.2) is 6.10 Å². The van der Waals surface area contributed by atoms with Crippen molar-refractivity contribution in [2.45, 2.75) is 69.4 Å². The molecule has 1 N–H and O–H groups in total. The fourth-order valence-electron chi connectivity index (χ4n) is 6.43. The van der Waals surface area contributed by atoms with Crippen molar-refractivity contribution in [3.8, 4) is 0 Å². The van der Waals surface area contributed by atoms with Crippen molar-refractivity contribution in [2.24, 2.45) is 11.8 Å². The quantitative estimate of drug-likeness (QED) is 0.444. The second-order valence-corrected chi connectivity index (χ2v) is 10.7. The van der Waals surface area contributed by atoms with Gasteiger partial charge in [0, 0.05) is 30.2 Å². The van der Waals surface area contributed by atoms with Crippen molar-refractivity contribution < 1.29 is 46.6 Å². The Hall–Kier alpha value is -2.85. The van der Waals surface area contributed by atoms with Crippen molar-refractivity contribution in [3.05, 3.63) is 60.1 Å². The lowest BCUT2D eigenvalue weighted by atomic mass is 9.80. The molecule has 1 aromatic heterocycles. The van der Waals surface area contributed by atoms with E-state index in [1.807, 2.05) is 0 Å². The number of alkyl halides is 3. The van der Waals surface area contributed by atoms with Crippen molar-refractivity contribution in [1.82, 2.24) is 0 Å². The van der Waals surface area contributed by atoms with Crippen LogP contribution >= 0.6 is 0 Å². The summed E-state index contributed by atoms with van der Waals surface area (Å²) in [6, 6.07) is 14.5. The van der Waals surface area contributed by atoms with E-state index in [-0.39, 0.29) is 12.0 Å². The standard InChI is InChI=1S/C26H34NO4.C2HF3O2/c1-19(20-8-3-2-4-9-20)27-15-13-21(14-16-27)23(18-27)31-25(28)26(29,22-10-5-6-11-22)24-12-7-17-30-24;3-2(4,5)1(6)7/h2-4,7-9,12,17,19,21-23,29H,5-6,10-11,13-16,18H2,1H3;(H,6,7)/q+1;/p-1/t19?,21?,23-,26-,27?;/m0./s1. The van der Waals surface area contributed by atoms with Gasteiger partial charge in [0.2, 0.25) is 5.60 Å². The number of carboxylic acids is 1. The van der Waals surface area contributed by atoms with Crippen molar-refractivity contribution in [2.75, 3.05) is 19.6 Å². The molecule has 3 atom stereocenters. The van der Waals surface area contributed by atoms with Gasteiger partial charge in [-0.15, -0.1) is 0 Å². The summed E-state index contributed by atoms with van der Waals surface area (Å²) in [7, 11) is 0. The number of esters is 1. The van der Waals surface area contributed by atoms with Gasteiger partial charge in [-0.25, -0.2) is 4.79 Å². The lowest BCUT2D eigenvalue weighted by Crippen LogP contribution is -2.65. The molecule has 10 heteroatoms. The second-order valence-electron chi connectivity index (χ2n) is 10.7. The fraction of sp³-hybridized carbons (Fsp3) is 0.571. The van der Waals surface area contributed by atoms with Crippen LogP contribution in [0, 0.1) is 11.8 Å². The highest BCUT2D eigenvalue weighted by atomic mass is 19.4. The molecular weight excluding hydrogens is 503 g/mol. The number of furan rings is 1. The predicted octanol–water partition coefficient (Wildman–Crippen LogP) is 3.87. The Labute approximate surface area is 219 Å². The lowest BCUT2D eigenvalue weighted by Gasteiger charge is -2.55. The lowest BCUT2D eigenvalue weighted by molar-refractivity contribution is -0.972. The van der Waals surface area contributed by atoms with E-state index in [0.717, 1.165) is 62.6 Å². The summed E-state index contributed by atoms with van der Waals surface area (Å²) in [5, 5.41) is 20.4. The molecular formula is C28H34F3NO6. The van der Waals surface area contributed by atoms with E-state index in [2.05, 4.69) is 37.3 Å². The van der Waals surface area contributed by atoms with Crippen LogP contribution in [-0.4, -0.2) is 53.4 Å². The zero-order valence-electron chi connectivity index (χ0n) is 21.4. The van der Waals surface area contributed by atoms with Crippen LogP contribution in [0.25, 0.3) is 0 Å². The summed E-state index contributed by atoms with van der Waals surface area (Å²) >= 11 is 0. The van der Waals surface area contributed by atoms with Gasteiger partial charge in [0.1, 0.15) is 24.3 Å². The number of ether oxygens (including phenoxy) is 1. The van der Waals surface area contributed by atoms with E-state index in [1.54, 1.807) is 12.1 Å². The Morgan fingerprint density at radius 1 is 1.05 bits per heavy atom. The SMILES string of the molecule is CC(c1ccccc1)[N+]12CCC(CC1)[C@@H](OC(=O)[C@@](O)(c1ccco1)C1CCCC1)C2.O=C([O-])C(F)(F)F. The molecule has 1 aromatic carbocycles. The largest absolute Gasteiger partial charge is 0.542 e. The number of carboxylic acid groups (broad SMARTS) is 1. The van der Waals surface area contributed by atoms with E-state index >= 15 is 0 Å². The van der Waals surface area contributed by atoms with Gasteiger partial charge in [-0.2, -0.15) is 13.2 Å². The zero-order chi connectivity index (χ0) is 27.6. The first-order valence-electron chi connectivity index (χ1n) is 13.1. The molecule has 0 spiro atoms. The number of nitrogens with zero attached hydrogens (tertiary/aromatic N) is 1. The van der Waals surface area contributed by atoms with Gasteiger partial charge in [-0.05, 0) is 31.9 Å². The molecule has 1 unspecified atom stereocenters. The Bertz CT molecular complexity index is 1080. The molecule has 4 fully saturated rings. The first kappa shape index (κ1) is 28.2. The maximum Gasteiger partial charge on any atom is 0.430 e. The molecule has 4 aliphatic rings.